The molecule has 0 saturated heterocycles. The van der Waals surface area contributed by atoms with Crippen LogP contribution in [0.15, 0.2) is 24.3 Å². The molecule has 6 heteroatoms. The molecule has 1 atom stereocenters. The number of benzene rings is 1. The van der Waals surface area contributed by atoms with Crippen molar-refractivity contribution in [1.82, 2.24) is 4.90 Å². The Bertz CT molecular complexity index is 622. The lowest BCUT2D eigenvalue weighted by atomic mass is 10.1. The standard InChI is InChI=1S/C15H22N2O3S/c1-16-12-6-4-5-11(9-12)14(10-15(18)17(2)3)21(19,20)13-7-8-13/h4-6,9,13-14,16H,7-8,10H2,1-3H3. The summed E-state index contributed by atoms with van der Waals surface area (Å²) >= 11 is 0. The quantitative estimate of drug-likeness (QED) is 0.870. The Kier molecular flexibility index (Phi) is 4.56. The first-order chi connectivity index (χ1) is 9.86. The summed E-state index contributed by atoms with van der Waals surface area (Å²) in [5.74, 6) is -0.168. The highest BCUT2D eigenvalue weighted by Crippen LogP contribution is 2.40. The number of nitrogens with one attached hydrogen (secondary N) is 1. The molecule has 0 radical (unpaired) electrons. The maximum absolute atomic E-state index is 12.7. The molecule has 1 aliphatic rings. The van der Waals surface area contributed by atoms with Gasteiger partial charge in [0, 0.05) is 33.3 Å². The van der Waals surface area contributed by atoms with Gasteiger partial charge in [-0.1, -0.05) is 12.1 Å². The molecule has 1 amide bonds. The van der Waals surface area contributed by atoms with E-state index in [0.717, 1.165) is 5.69 Å². The van der Waals surface area contributed by atoms with E-state index >= 15 is 0 Å². The normalized spacial score (nSPS) is 16.3. The number of carbonyl (C=O) groups excluding carboxylic acids is 1. The predicted molar refractivity (Wildman–Crippen MR) is 84.0 cm³/mol. The Balaban J connectivity index is 2.37. The smallest absolute Gasteiger partial charge is 0.223 e. The number of amides is 1. The van der Waals surface area contributed by atoms with Crippen LogP contribution in [0.25, 0.3) is 0 Å². The second-order valence-corrected chi connectivity index (χ2v) is 8.06. The topological polar surface area (TPSA) is 66.5 Å². The van der Waals surface area contributed by atoms with Crippen molar-refractivity contribution in [3.63, 3.8) is 0 Å². The van der Waals surface area contributed by atoms with Crippen molar-refractivity contribution in [2.24, 2.45) is 0 Å². The lowest BCUT2D eigenvalue weighted by molar-refractivity contribution is -0.128. The Labute approximate surface area is 126 Å². The van der Waals surface area contributed by atoms with Gasteiger partial charge in [-0.2, -0.15) is 0 Å². The highest BCUT2D eigenvalue weighted by Gasteiger charge is 2.42. The van der Waals surface area contributed by atoms with E-state index in [1.165, 1.54) is 4.90 Å². The van der Waals surface area contributed by atoms with Crippen molar-refractivity contribution in [3.8, 4) is 0 Å². The van der Waals surface area contributed by atoms with Crippen molar-refractivity contribution >= 4 is 21.4 Å². The van der Waals surface area contributed by atoms with Gasteiger partial charge in [0.2, 0.25) is 5.91 Å². The first-order valence-corrected chi connectivity index (χ1v) is 8.67. The summed E-state index contributed by atoms with van der Waals surface area (Å²) in [4.78, 5) is 13.5. The summed E-state index contributed by atoms with van der Waals surface area (Å²) < 4.78 is 25.3. The molecule has 21 heavy (non-hydrogen) atoms. The fraction of sp³-hybridized carbons (Fsp3) is 0.533. The molecule has 1 aromatic carbocycles. The third-order valence-corrected chi connectivity index (χ3v) is 6.42. The van der Waals surface area contributed by atoms with E-state index < -0.39 is 15.1 Å². The number of hydrogen-bond acceptors (Lipinski definition) is 4. The molecule has 1 N–H and O–H groups in total. The summed E-state index contributed by atoms with van der Waals surface area (Å²) in [6.45, 7) is 0. The summed E-state index contributed by atoms with van der Waals surface area (Å²) in [6, 6.07) is 7.29. The van der Waals surface area contributed by atoms with Gasteiger partial charge in [-0.3, -0.25) is 4.79 Å². The molecule has 0 aliphatic heterocycles. The van der Waals surface area contributed by atoms with Crippen molar-refractivity contribution in [2.45, 2.75) is 29.8 Å². The molecular weight excluding hydrogens is 288 g/mol. The van der Waals surface area contributed by atoms with E-state index in [1.54, 1.807) is 27.2 Å². The van der Waals surface area contributed by atoms with E-state index in [1.807, 2.05) is 18.2 Å². The molecule has 1 aromatic rings. The molecule has 0 heterocycles. The average molecular weight is 310 g/mol. The van der Waals surface area contributed by atoms with Gasteiger partial charge >= 0.3 is 0 Å². The highest BCUT2D eigenvalue weighted by atomic mass is 32.2. The molecule has 5 nitrogen and oxygen atoms in total. The molecular formula is C15H22N2O3S. The van der Waals surface area contributed by atoms with Crippen LogP contribution in [0.5, 0.6) is 0 Å². The summed E-state index contributed by atoms with van der Waals surface area (Å²) in [7, 11) is 1.77. The minimum Gasteiger partial charge on any atom is -0.388 e. The van der Waals surface area contributed by atoms with Crippen LogP contribution in [0.3, 0.4) is 0 Å². The van der Waals surface area contributed by atoms with Crippen LogP contribution in [0.4, 0.5) is 5.69 Å². The van der Waals surface area contributed by atoms with Crippen molar-refractivity contribution < 1.29 is 13.2 Å². The summed E-state index contributed by atoms with van der Waals surface area (Å²) in [5.41, 5.74) is 1.53. The second-order valence-electron chi connectivity index (χ2n) is 5.64. The van der Waals surface area contributed by atoms with Crippen LogP contribution in [-0.2, 0) is 14.6 Å². The Morgan fingerprint density at radius 3 is 2.57 bits per heavy atom. The first kappa shape index (κ1) is 15.8. The number of rotatable bonds is 6. The molecule has 2 rings (SSSR count). The van der Waals surface area contributed by atoms with Crippen LogP contribution in [-0.4, -0.2) is 45.6 Å². The average Bonchev–Trinajstić information content (AvgIpc) is 3.29. The fourth-order valence-corrected chi connectivity index (χ4v) is 4.45. The van der Waals surface area contributed by atoms with Crippen LogP contribution in [0, 0.1) is 0 Å². The molecule has 1 aliphatic carbocycles. The minimum atomic E-state index is -3.31. The zero-order valence-electron chi connectivity index (χ0n) is 12.7. The monoisotopic (exact) mass is 310 g/mol. The Morgan fingerprint density at radius 1 is 1.38 bits per heavy atom. The van der Waals surface area contributed by atoms with Gasteiger partial charge in [-0.25, -0.2) is 8.42 Å². The molecule has 0 aromatic heterocycles. The molecule has 1 unspecified atom stereocenters. The fourth-order valence-electron chi connectivity index (χ4n) is 2.29. The van der Waals surface area contributed by atoms with E-state index in [9.17, 15) is 13.2 Å². The van der Waals surface area contributed by atoms with Gasteiger partial charge in [-0.05, 0) is 30.5 Å². The lowest BCUT2D eigenvalue weighted by Gasteiger charge is -2.20. The van der Waals surface area contributed by atoms with Crippen LogP contribution >= 0.6 is 0 Å². The van der Waals surface area contributed by atoms with Crippen LogP contribution in [0.2, 0.25) is 0 Å². The van der Waals surface area contributed by atoms with Crippen LogP contribution < -0.4 is 5.32 Å². The zero-order valence-corrected chi connectivity index (χ0v) is 13.5. The van der Waals surface area contributed by atoms with Gasteiger partial charge in [0.15, 0.2) is 9.84 Å². The van der Waals surface area contributed by atoms with Crippen molar-refractivity contribution in [3.05, 3.63) is 29.8 Å². The highest BCUT2D eigenvalue weighted by molar-refractivity contribution is 7.92. The Morgan fingerprint density at radius 2 is 2.05 bits per heavy atom. The number of sulfone groups is 1. The van der Waals surface area contributed by atoms with E-state index in [4.69, 9.17) is 0 Å². The SMILES string of the molecule is CNc1cccc(C(CC(=O)N(C)C)S(=O)(=O)C2CC2)c1. The largest absolute Gasteiger partial charge is 0.388 e. The van der Waals surface area contributed by atoms with E-state index in [2.05, 4.69) is 5.32 Å². The third kappa shape index (κ3) is 3.56. The maximum Gasteiger partial charge on any atom is 0.223 e. The number of carbonyl (C=O) groups is 1. The summed E-state index contributed by atoms with van der Waals surface area (Å²) in [5, 5.41) is 1.97. The molecule has 0 spiro atoms. The van der Waals surface area contributed by atoms with E-state index in [0.29, 0.717) is 18.4 Å². The van der Waals surface area contributed by atoms with Crippen molar-refractivity contribution in [2.75, 3.05) is 26.5 Å². The zero-order chi connectivity index (χ0) is 15.6. The van der Waals surface area contributed by atoms with Crippen LogP contribution in [0.1, 0.15) is 30.1 Å². The van der Waals surface area contributed by atoms with Gasteiger partial charge in [0.1, 0.15) is 0 Å². The first-order valence-electron chi connectivity index (χ1n) is 7.07. The van der Waals surface area contributed by atoms with Gasteiger partial charge < -0.3 is 10.2 Å². The molecule has 116 valence electrons. The molecule has 0 bridgehead atoms. The number of anilines is 1. The minimum absolute atomic E-state index is 0.000991. The van der Waals surface area contributed by atoms with E-state index in [-0.39, 0.29) is 17.6 Å². The van der Waals surface area contributed by atoms with Gasteiger partial charge in [0.05, 0.1) is 10.5 Å². The molecule has 1 fully saturated rings. The summed E-state index contributed by atoms with van der Waals surface area (Å²) in [6.07, 6.45) is 1.42. The van der Waals surface area contributed by atoms with Gasteiger partial charge in [-0.15, -0.1) is 0 Å². The number of nitrogens with zero attached hydrogens (tertiary/aromatic N) is 1. The molecule has 1 saturated carbocycles. The lowest BCUT2D eigenvalue weighted by Crippen LogP contribution is -2.28. The number of hydrogen-bond donors (Lipinski definition) is 1. The third-order valence-electron chi connectivity index (χ3n) is 3.79. The predicted octanol–water partition coefficient (Wildman–Crippen LogP) is 1.82. The van der Waals surface area contributed by atoms with Gasteiger partial charge in [0.25, 0.3) is 0 Å². The Hall–Kier alpha value is -1.56. The maximum atomic E-state index is 12.7. The van der Waals surface area contributed by atoms with Crippen molar-refractivity contribution in [1.29, 1.82) is 0 Å². The second kappa shape index (κ2) is 6.05.